The molecule has 0 aromatic carbocycles. The van der Waals surface area contributed by atoms with Crippen molar-refractivity contribution in [3.63, 3.8) is 0 Å². The highest BCUT2D eigenvalue weighted by Crippen LogP contribution is 2.12. The molecule has 2 fully saturated rings. The monoisotopic (exact) mass is 565 g/mol. The highest BCUT2D eigenvalue weighted by atomic mass is 79.9. The molecule has 5 nitrogen and oxygen atoms in total. The first-order valence-electron chi connectivity index (χ1n) is 11.0. The van der Waals surface area contributed by atoms with Gasteiger partial charge in [-0.3, -0.25) is 9.80 Å². The number of hydrogen-bond acceptors (Lipinski definition) is 5. The molecule has 0 bridgehead atoms. The lowest BCUT2D eigenvalue weighted by molar-refractivity contribution is 0.158. The minimum Gasteiger partial charge on any atom is -0.395 e. The number of halogens is 3. The Morgan fingerprint density at radius 2 is 1.14 bits per heavy atom. The summed E-state index contributed by atoms with van der Waals surface area (Å²) >= 11 is 12.3. The molecule has 0 radical (unpaired) electrons. The molecule has 8 heteroatoms. The number of unbranched alkanes of at least 4 members (excludes halogenated alkanes) is 1. The zero-order valence-electron chi connectivity index (χ0n) is 18.8. The molecule has 178 valence electrons. The van der Waals surface area contributed by atoms with E-state index in [1.807, 2.05) is 0 Å². The van der Waals surface area contributed by atoms with Crippen molar-refractivity contribution < 1.29 is 10.2 Å². The Morgan fingerprint density at radius 1 is 0.793 bits per heavy atom. The van der Waals surface area contributed by atoms with Crippen LogP contribution in [0.5, 0.6) is 0 Å². The zero-order chi connectivity index (χ0) is 22.5. The third kappa shape index (κ3) is 20.7. The minimum absolute atomic E-state index is 0.0602. The summed E-state index contributed by atoms with van der Waals surface area (Å²) in [6, 6.07) is 0.914. The molecule has 0 saturated carbocycles. The van der Waals surface area contributed by atoms with Crippen molar-refractivity contribution in [1.82, 2.24) is 9.80 Å². The fourth-order valence-electron chi connectivity index (χ4n) is 2.77. The molecule has 0 aromatic heterocycles. The average molecular weight is 568 g/mol. The van der Waals surface area contributed by atoms with Gasteiger partial charge in [0.25, 0.3) is 0 Å². The summed E-state index contributed by atoms with van der Waals surface area (Å²) < 4.78 is 0. The van der Waals surface area contributed by atoms with Crippen molar-refractivity contribution in [3.05, 3.63) is 0 Å². The summed E-state index contributed by atoms with van der Waals surface area (Å²) in [7, 11) is 0. The molecule has 0 aliphatic carbocycles. The lowest BCUT2D eigenvalue weighted by Crippen LogP contribution is -2.32. The van der Waals surface area contributed by atoms with E-state index in [0.717, 1.165) is 16.5 Å². The van der Waals surface area contributed by atoms with Gasteiger partial charge >= 0.3 is 0 Å². The molecule has 2 aliphatic heterocycles. The molecule has 29 heavy (non-hydrogen) atoms. The van der Waals surface area contributed by atoms with E-state index in [0.29, 0.717) is 18.7 Å². The van der Waals surface area contributed by atoms with Crippen molar-refractivity contribution in [3.8, 4) is 0 Å². The van der Waals surface area contributed by atoms with E-state index in [1.54, 1.807) is 6.92 Å². The molecule has 2 heterocycles. The van der Waals surface area contributed by atoms with Crippen LogP contribution in [0.4, 0.5) is 0 Å². The van der Waals surface area contributed by atoms with Crippen LogP contribution in [0.15, 0.2) is 0 Å². The standard InChI is InChI=1S/C7H14ClN.C7H15NO.C4H8Br2.C3H9NO/c1-7(6-8)9-4-2-3-5-9;1-7(6-9)8-4-2-3-5-8;5-3-1-2-4-6;1-3(4)2-5/h7H,2-6H2,1H3;7,9H,2-6H2,1H3;1-4H2;3,5H,2,4H2,1H3/t2*7-;;3-/m00.0/s1. The quantitative estimate of drug-likeness (QED) is 0.305. The van der Waals surface area contributed by atoms with Gasteiger partial charge in [-0.05, 0) is 85.5 Å². The summed E-state index contributed by atoms with van der Waals surface area (Å²) in [5.74, 6) is 0.778. The van der Waals surface area contributed by atoms with E-state index >= 15 is 0 Å². The highest BCUT2D eigenvalue weighted by molar-refractivity contribution is 9.09. The van der Waals surface area contributed by atoms with Crippen molar-refractivity contribution in [1.29, 1.82) is 0 Å². The maximum atomic E-state index is 8.75. The van der Waals surface area contributed by atoms with Crippen LogP contribution in [0, 0.1) is 0 Å². The molecule has 0 amide bonds. The smallest absolute Gasteiger partial charge is 0.0584 e. The van der Waals surface area contributed by atoms with E-state index in [-0.39, 0.29) is 12.6 Å². The first-order valence-corrected chi connectivity index (χ1v) is 13.8. The maximum absolute atomic E-state index is 8.75. The number of nitrogens with two attached hydrogens (primary N) is 1. The molecular formula is C21H46Br2ClN3O2. The van der Waals surface area contributed by atoms with Gasteiger partial charge in [0.15, 0.2) is 0 Å². The summed E-state index contributed by atoms with van der Waals surface area (Å²) in [4.78, 5) is 4.78. The van der Waals surface area contributed by atoms with Crippen molar-refractivity contribution in [2.75, 3.05) is 55.9 Å². The van der Waals surface area contributed by atoms with E-state index in [9.17, 15) is 0 Å². The van der Waals surface area contributed by atoms with Crippen LogP contribution in [0.2, 0.25) is 0 Å². The Kier molecular flexibility index (Phi) is 26.3. The van der Waals surface area contributed by atoms with Crippen LogP contribution in [-0.2, 0) is 0 Å². The van der Waals surface area contributed by atoms with Crippen LogP contribution in [-0.4, -0.2) is 94.1 Å². The van der Waals surface area contributed by atoms with E-state index in [1.165, 1.54) is 64.7 Å². The Labute approximate surface area is 202 Å². The number of rotatable bonds is 8. The number of nitrogens with zero attached hydrogens (tertiary/aromatic N) is 2. The Hall–Kier alpha value is 1.05. The average Bonchev–Trinajstić information content (AvgIpc) is 3.46. The number of aliphatic hydroxyl groups is 2. The van der Waals surface area contributed by atoms with E-state index < -0.39 is 0 Å². The van der Waals surface area contributed by atoms with Crippen LogP contribution in [0.25, 0.3) is 0 Å². The largest absolute Gasteiger partial charge is 0.395 e. The molecular weight excluding hydrogens is 522 g/mol. The second kappa shape index (κ2) is 23.7. The van der Waals surface area contributed by atoms with Gasteiger partial charge < -0.3 is 15.9 Å². The van der Waals surface area contributed by atoms with Gasteiger partial charge in [0, 0.05) is 34.7 Å². The lowest BCUT2D eigenvalue weighted by atomic mass is 10.3. The fraction of sp³-hybridized carbons (Fsp3) is 1.00. The van der Waals surface area contributed by atoms with Crippen molar-refractivity contribution >= 4 is 43.5 Å². The molecule has 0 aromatic rings. The van der Waals surface area contributed by atoms with Gasteiger partial charge in [0.05, 0.1) is 13.2 Å². The van der Waals surface area contributed by atoms with Crippen LogP contribution >= 0.6 is 43.5 Å². The number of likely N-dealkylation sites (tertiary alicyclic amines) is 2. The van der Waals surface area contributed by atoms with Gasteiger partial charge in [-0.25, -0.2) is 0 Å². The van der Waals surface area contributed by atoms with Gasteiger partial charge in [-0.1, -0.05) is 31.9 Å². The predicted molar refractivity (Wildman–Crippen MR) is 136 cm³/mol. The van der Waals surface area contributed by atoms with Crippen LogP contribution in [0.3, 0.4) is 0 Å². The number of alkyl halides is 3. The van der Waals surface area contributed by atoms with Crippen LogP contribution in [0.1, 0.15) is 59.3 Å². The fourth-order valence-corrected chi connectivity index (χ4v) is 3.75. The first kappa shape index (κ1) is 32.2. The SMILES string of the molecule is BrCCCCBr.C[C@@H](CCl)N1CCCC1.C[C@@H](CO)N1CCCC1.C[C@H](N)CO. The topological polar surface area (TPSA) is 73.0 Å². The Balaban J connectivity index is 0. The first-order chi connectivity index (χ1) is 13.9. The summed E-state index contributed by atoms with van der Waals surface area (Å²) in [5, 5.41) is 19.0. The maximum Gasteiger partial charge on any atom is 0.0584 e. The predicted octanol–water partition coefficient (Wildman–Crippen LogP) is 4.05. The molecule has 2 rings (SSSR count). The second-order valence-corrected chi connectivity index (χ2v) is 9.66. The minimum atomic E-state index is -0.0602. The van der Waals surface area contributed by atoms with Crippen molar-refractivity contribution in [2.45, 2.75) is 77.4 Å². The second-order valence-electron chi connectivity index (χ2n) is 7.77. The third-order valence-electron chi connectivity index (χ3n) is 4.82. The van der Waals surface area contributed by atoms with Crippen molar-refractivity contribution in [2.24, 2.45) is 5.73 Å². The van der Waals surface area contributed by atoms with Gasteiger partial charge in [0.2, 0.25) is 0 Å². The molecule has 2 saturated heterocycles. The summed E-state index contributed by atoms with van der Waals surface area (Å²) in [6.45, 7) is 11.3. The molecule has 4 N–H and O–H groups in total. The third-order valence-corrected chi connectivity index (χ3v) is 6.39. The normalized spacial score (nSPS) is 19.8. The highest BCUT2D eigenvalue weighted by Gasteiger charge is 2.16. The number of aliphatic hydroxyl groups excluding tert-OH is 2. The summed E-state index contributed by atoms with van der Waals surface area (Å²) in [5.41, 5.74) is 5.04. The summed E-state index contributed by atoms with van der Waals surface area (Å²) in [6.07, 6.45) is 7.91. The molecule has 0 spiro atoms. The zero-order valence-corrected chi connectivity index (χ0v) is 22.8. The molecule has 0 unspecified atom stereocenters. The van der Waals surface area contributed by atoms with Gasteiger partial charge in [0.1, 0.15) is 0 Å². The van der Waals surface area contributed by atoms with E-state index in [4.69, 9.17) is 27.5 Å². The Bertz CT molecular complexity index is 294. The van der Waals surface area contributed by atoms with Gasteiger partial charge in [-0.2, -0.15) is 0 Å². The lowest BCUT2D eigenvalue weighted by Gasteiger charge is -2.20. The van der Waals surface area contributed by atoms with E-state index in [2.05, 4.69) is 55.5 Å². The molecule has 3 atom stereocenters. The van der Waals surface area contributed by atoms with Gasteiger partial charge in [-0.15, -0.1) is 11.6 Å². The Morgan fingerprint density at radius 3 is 1.38 bits per heavy atom. The van der Waals surface area contributed by atoms with Crippen LogP contribution < -0.4 is 5.73 Å². The molecule has 2 aliphatic rings. The number of hydrogen-bond donors (Lipinski definition) is 3.